The third kappa shape index (κ3) is 4.80. The molecule has 152 valence electrons. The zero-order valence-corrected chi connectivity index (χ0v) is 16.3. The lowest BCUT2D eigenvalue weighted by atomic mass is 10.0. The van der Waals surface area contributed by atoms with Crippen LogP contribution in [0.2, 0.25) is 0 Å². The molecule has 2 N–H and O–H groups in total. The lowest BCUT2D eigenvalue weighted by Crippen LogP contribution is -2.38. The van der Waals surface area contributed by atoms with Crippen LogP contribution >= 0.6 is 0 Å². The van der Waals surface area contributed by atoms with Crippen molar-refractivity contribution in [2.24, 2.45) is 5.92 Å². The van der Waals surface area contributed by atoms with Gasteiger partial charge in [0.05, 0.1) is 5.92 Å². The van der Waals surface area contributed by atoms with Gasteiger partial charge in [-0.3, -0.25) is 9.59 Å². The lowest BCUT2D eigenvalue weighted by molar-refractivity contribution is -0.142. The number of aryl methyl sites for hydroxylation is 2. The van der Waals surface area contributed by atoms with Crippen LogP contribution in [0.3, 0.4) is 0 Å². The molecule has 29 heavy (non-hydrogen) atoms. The second kappa shape index (κ2) is 8.43. The van der Waals surface area contributed by atoms with Crippen molar-refractivity contribution in [2.45, 2.75) is 32.9 Å². The van der Waals surface area contributed by atoms with Gasteiger partial charge in [0.25, 0.3) is 0 Å². The predicted octanol–water partition coefficient (Wildman–Crippen LogP) is 2.73. The molecule has 0 spiro atoms. The van der Waals surface area contributed by atoms with Crippen LogP contribution in [-0.4, -0.2) is 34.3 Å². The predicted molar refractivity (Wildman–Crippen MR) is 104 cm³/mol. The van der Waals surface area contributed by atoms with Gasteiger partial charge in [-0.1, -0.05) is 42.0 Å². The van der Waals surface area contributed by atoms with Crippen LogP contribution in [-0.2, 0) is 20.9 Å². The first-order valence-corrected chi connectivity index (χ1v) is 9.37. The first kappa shape index (κ1) is 20.5. The fourth-order valence-corrected chi connectivity index (χ4v) is 3.41. The van der Waals surface area contributed by atoms with Crippen molar-refractivity contribution in [1.29, 1.82) is 0 Å². The zero-order valence-electron chi connectivity index (χ0n) is 16.3. The highest BCUT2D eigenvalue weighted by molar-refractivity contribution is 5.91. The van der Waals surface area contributed by atoms with E-state index in [4.69, 9.17) is 0 Å². The molecule has 2 aromatic carbocycles. The number of nitrogens with one attached hydrogen (secondary N) is 1. The summed E-state index contributed by atoms with van der Waals surface area (Å²) >= 11 is 0. The third-order valence-corrected chi connectivity index (χ3v) is 5.13. The highest BCUT2D eigenvalue weighted by Crippen LogP contribution is 2.23. The van der Waals surface area contributed by atoms with Crippen molar-refractivity contribution >= 4 is 17.8 Å². The fourth-order valence-electron chi connectivity index (χ4n) is 3.41. The van der Waals surface area contributed by atoms with E-state index < -0.39 is 29.7 Å². The second-order valence-corrected chi connectivity index (χ2v) is 7.45. The Morgan fingerprint density at radius 1 is 1.21 bits per heavy atom. The SMILES string of the molecule is Cc1ccc(CN2CC(C(=O)NC(C(=O)O)c3ccc(F)c(C)c3)CC2=O)cc1. The van der Waals surface area contributed by atoms with E-state index in [1.165, 1.54) is 25.1 Å². The monoisotopic (exact) mass is 398 g/mol. The summed E-state index contributed by atoms with van der Waals surface area (Å²) in [5.41, 5.74) is 2.67. The number of amides is 2. The molecule has 1 fully saturated rings. The molecule has 1 saturated heterocycles. The average Bonchev–Trinajstić information content (AvgIpc) is 3.04. The van der Waals surface area contributed by atoms with E-state index in [2.05, 4.69) is 5.32 Å². The molecule has 1 heterocycles. The van der Waals surface area contributed by atoms with E-state index >= 15 is 0 Å². The van der Waals surface area contributed by atoms with Crippen molar-refractivity contribution in [3.63, 3.8) is 0 Å². The lowest BCUT2D eigenvalue weighted by Gasteiger charge is -2.19. The van der Waals surface area contributed by atoms with Gasteiger partial charge < -0.3 is 15.3 Å². The van der Waals surface area contributed by atoms with Crippen LogP contribution in [0.5, 0.6) is 0 Å². The minimum atomic E-state index is -1.30. The summed E-state index contributed by atoms with van der Waals surface area (Å²) < 4.78 is 13.5. The zero-order chi connectivity index (χ0) is 21.1. The van der Waals surface area contributed by atoms with Crippen molar-refractivity contribution in [2.75, 3.05) is 6.54 Å². The number of carbonyl (C=O) groups excluding carboxylic acids is 2. The van der Waals surface area contributed by atoms with Crippen LogP contribution in [0.1, 0.15) is 34.7 Å². The summed E-state index contributed by atoms with van der Waals surface area (Å²) in [5, 5.41) is 12.0. The molecule has 3 rings (SSSR count). The Morgan fingerprint density at radius 3 is 2.52 bits per heavy atom. The molecular weight excluding hydrogens is 375 g/mol. The number of rotatable bonds is 6. The third-order valence-electron chi connectivity index (χ3n) is 5.13. The summed E-state index contributed by atoms with van der Waals surface area (Å²) in [6.07, 6.45) is 0.0342. The number of carboxylic acids is 1. The van der Waals surface area contributed by atoms with Crippen LogP contribution < -0.4 is 5.32 Å². The van der Waals surface area contributed by atoms with Gasteiger partial charge in [0.1, 0.15) is 5.82 Å². The Labute approximate surface area is 168 Å². The summed E-state index contributed by atoms with van der Waals surface area (Å²) in [7, 11) is 0. The number of nitrogens with zero attached hydrogens (tertiary/aromatic N) is 1. The van der Waals surface area contributed by atoms with Gasteiger partial charge in [-0.05, 0) is 36.6 Å². The normalized spacial score (nSPS) is 17.3. The number of carboxylic acid groups (broad SMARTS) is 1. The molecule has 2 atom stereocenters. The van der Waals surface area contributed by atoms with Crippen molar-refractivity contribution in [3.05, 3.63) is 70.5 Å². The molecule has 7 heteroatoms. The van der Waals surface area contributed by atoms with Crippen LogP contribution in [0.15, 0.2) is 42.5 Å². The van der Waals surface area contributed by atoms with Gasteiger partial charge in [-0.25, -0.2) is 9.18 Å². The largest absolute Gasteiger partial charge is 0.479 e. The number of hydrogen-bond acceptors (Lipinski definition) is 3. The number of likely N-dealkylation sites (tertiary alicyclic amines) is 1. The summed E-state index contributed by atoms with van der Waals surface area (Å²) in [6, 6.07) is 10.4. The Balaban J connectivity index is 1.67. The van der Waals surface area contributed by atoms with E-state index in [1.54, 1.807) is 4.90 Å². The molecule has 0 saturated carbocycles. The summed E-state index contributed by atoms with van der Waals surface area (Å²) in [6.45, 7) is 4.14. The maximum Gasteiger partial charge on any atom is 0.330 e. The highest BCUT2D eigenvalue weighted by atomic mass is 19.1. The summed E-state index contributed by atoms with van der Waals surface area (Å²) in [5.74, 6) is -2.96. The van der Waals surface area contributed by atoms with E-state index in [0.717, 1.165) is 11.1 Å². The van der Waals surface area contributed by atoms with Gasteiger partial charge in [-0.2, -0.15) is 0 Å². The molecule has 2 amide bonds. The number of halogens is 1. The number of carbonyl (C=O) groups is 3. The molecule has 2 unspecified atom stereocenters. The average molecular weight is 398 g/mol. The minimum absolute atomic E-state index is 0.0342. The topological polar surface area (TPSA) is 86.7 Å². The van der Waals surface area contributed by atoms with E-state index in [9.17, 15) is 23.9 Å². The maximum atomic E-state index is 13.5. The quantitative estimate of drug-likeness (QED) is 0.783. The standard InChI is InChI=1S/C22H23FN2O4/c1-13-3-5-15(6-4-13)11-25-12-17(10-19(25)26)21(27)24-20(22(28)29)16-7-8-18(23)14(2)9-16/h3-9,17,20H,10-12H2,1-2H3,(H,24,27)(H,28,29). The summed E-state index contributed by atoms with van der Waals surface area (Å²) in [4.78, 5) is 38.2. The van der Waals surface area contributed by atoms with E-state index in [-0.39, 0.29) is 24.4 Å². The van der Waals surface area contributed by atoms with E-state index in [1.807, 2.05) is 31.2 Å². The van der Waals surface area contributed by atoms with Gasteiger partial charge in [-0.15, -0.1) is 0 Å². The Kier molecular flexibility index (Phi) is 5.96. The fraction of sp³-hybridized carbons (Fsp3) is 0.318. The first-order chi connectivity index (χ1) is 13.7. The molecule has 2 aromatic rings. The second-order valence-electron chi connectivity index (χ2n) is 7.45. The van der Waals surface area contributed by atoms with E-state index in [0.29, 0.717) is 12.1 Å². The molecule has 0 aliphatic carbocycles. The molecular formula is C22H23FN2O4. The van der Waals surface area contributed by atoms with Crippen molar-refractivity contribution in [3.8, 4) is 0 Å². The van der Waals surface area contributed by atoms with Gasteiger partial charge >= 0.3 is 5.97 Å². The molecule has 0 radical (unpaired) electrons. The Hall–Kier alpha value is -3.22. The number of aliphatic carboxylic acids is 1. The Morgan fingerprint density at radius 2 is 1.90 bits per heavy atom. The first-order valence-electron chi connectivity index (χ1n) is 9.37. The van der Waals surface area contributed by atoms with Crippen LogP contribution in [0.25, 0.3) is 0 Å². The van der Waals surface area contributed by atoms with Gasteiger partial charge in [0, 0.05) is 19.5 Å². The highest BCUT2D eigenvalue weighted by Gasteiger charge is 2.36. The van der Waals surface area contributed by atoms with Crippen molar-refractivity contribution in [1.82, 2.24) is 10.2 Å². The molecule has 6 nitrogen and oxygen atoms in total. The van der Waals surface area contributed by atoms with Gasteiger partial charge in [0.15, 0.2) is 6.04 Å². The van der Waals surface area contributed by atoms with Crippen molar-refractivity contribution < 1.29 is 23.9 Å². The molecule has 0 aromatic heterocycles. The number of benzene rings is 2. The molecule has 1 aliphatic heterocycles. The Bertz CT molecular complexity index is 942. The molecule has 1 aliphatic rings. The van der Waals surface area contributed by atoms with Crippen LogP contribution in [0, 0.1) is 25.6 Å². The minimum Gasteiger partial charge on any atom is -0.479 e. The van der Waals surface area contributed by atoms with Gasteiger partial charge in [0.2, 0.25) is 11.8 Å². The number of hydrogen-bond donors (Lipinski definition) is 2. The molecule has 0 bridgehead atoms. The van der Waals surface area contributed by atoms with Crippen LogP contribution in [0.4, 0.5) is 4.39 Å². The smallest absolute Gasteiger partial charge is 0.330 e. The maximum absolute atomic E-state index is 13.5.